The van der Waals surface area contributed by atoms with Crippen LogP contribution in [0.5, 0.6) is 5.75 Å². The highest BCUT2D eigenvalue weighted by Crippen LogP contribution is 2.40. The molecule has 0 radical (unpaired) electrons. The van der Waals surface area contributed by atoms with Crippen molar-refractivity contribution in [3.05, 3.63) is 41.6 Å². The molecule has 1 aliphatic rings. The summed E-state index contributed by atoms with van der Waals surface area (Å²) in [5, 5.41) is 19.7. The molecule has 4 N–H and O–H groups in total. The molecule has 1 aliphatic heterocycles. The van der Waals surface area contributed by atoms with Gasteiger partial charge in [0, 0.05) is 24.2 Å². The smallest absolute Gasteiger partial charge is 0.417 e. The van der Waals surface area contributed by atoms with Crippen LogP contribution in [-0.2, 0) is 12.8 Å². The highest BCUT2D eigenvalue weighted by atomic mass is 19.4. The van der Waals surface area contributed by atoms with Crippen LogP contribution >= 0.6 is 0 Å². The minimum absolute atomic E-state index is 0.0172. The molecule has 11 heteroatoms. The van der Waals surface area contributed by atoms with Crippen molar-refractivity contribution >= 4 is 5.69 Å². The van der Waals surface area contributed by atoms with Crippen LogP contribution in [0.4, 0.5) is 27.6 Å². The van der Waals surface area contributed by atoms with E-state index in [-0.39, 0.29) is 35.5 Å². The van der Waals surface area contributed by atoms with Crippen molar-refractivity contribution in [2.75, 3.05) is 25.1 Å². The molecule has 1 saturated heterocycles. The number of benzene rings is 1. The number of halogens is 5. The number of ether oxygens (including phenoxy) is 1. The molecule has 1 fully saturated rings. The fraction of sp³-hybridized carbons (Fsp3) is 0.476. The van der Waals surface area contributed by atoms with Gasteiger partial charge in [-0.15, -0.1) is 0 Å². The summed E-state index contributed by atoms with van der Waals surface area (Å²) in [5.74, 6) is 0.0327. The van der Waals surface area contributed by atoms with Crippen molar-refractivity contribution < 1.29 is 36.9 Å². The number of hydrogen-bond acceptors (Lipinski definition) is 6. The molecule has 32 heavy (non-hydrogen) atoms. The van der Waals surface area contributed by atoms with Crippen LogP contribution in [0, 0.1) is 0 Å². The van der Waals surface area contributed by atoms with Gasteiger partial charge < -0.3 is 25.6 Å². The molecular formula is C21H24F5N3O3. The van der Waals surface area contributed by atoms with Gasteiger partial charge in [0.05, 0.1) is 42.4 Å². The molecule has 0 bridgehead atoms. The number of hydrogen-bond donors (Lipinski definition) is 3. The van der Waals surface area contributed by atoms with Crippen LogP contribution < -0.4 is 15.4 Å². The highest BCUT2D eigenvalue weighted by Gasteiger charge is 2.43. The summed E-state index contributed by atoms with van der Waals surface area (Å²) in [5.41, 5.74) is 3.93. The Kier molecular flexibility index (Phi) is 6.91. The number of methoxy groups -OCH3 is 1. The molecule has 2 unspecified atom stereocenters. The molecule has 176 valence electrons. The van der Waals surface area contributed by atoms with E-state index in [4.69, 9.17) is 10.5 Å². The summed E-state index contributed by atoms with van der Waals surface area (Å²) in [6.45, 7) is -0.240. The maximum absolute atomic E-state index is 13.6. The predicted molar refractivity (Wildman–Crippen MR) is 108 cm³/mol. The van der Waals surface area contributed by atoms with Gasteiger partial charge in [-0.05, 0) is 37.1 Å². The van der Waals surface area contributed by atoms with Gasteiger partial charge in [-0.25, -0.2) is 8.78 Å². The topological polar surface area (TPSA) is 91.8 Å². The van der Waals surface area contributed by atoms with Gasteiger partial charge in [0.1, 0.15) is 11.9 Å². The number of piperidine rings is 1. The normalized spacial score (nSPS) is 20.5. The molecule has 2 heterocycles. The molecular weight excluding hydrogens is 437 g/mol. The van der Waals surface area contributed by atoms with E-state index in [0.717, 1.165) is 6.07 Å². The van der Waals surface area contributed by atoms with E-state index in [1.54, 1.807) is 4.90 Å². The second-order valence-electron chi connectivity index (χ2n) is 7.80. The molecule has 3 rings (SSSR count). The first-order valence-electron chi connectivity index (χ1n) is 9.85. The van der Waals surface area contributed by atoms with Gasteiger partial charge >= 0.3 is 6.18 Å². The van der Waals surface area contributed by atoms with Gasteiger partial charge in [0.2, 0.25) is 0 Å². The van der Waals surface area contributed by atoms with Crippen LogP contribution in [0.15, 0.2) is 30.5 Å². The Balaban J connectivity index is 1.99. The van der Waals surface area contributed by atoms with Crippen LogP contribution in [0.2, 0.25) is 0 Å². The summed E-state index contributed by atoms with van der Waals surface area (Å²) < 4.78 is 71.8. The Morgan fingerprint density at radius 2 is 2.00 bits per heavy atom. The number of rotatable bonds is 6. The molecule has 2 atom stereocenters. The molecule has 1 aromatic carbocycles. The third kappa shape index (κ3) is 4.79. The summed E-state index contributed by atoms with van der Waals surface area (Å²) in [7, 11) is 1.26. The Bertz CT molecular complexity index is 957. The van der Waals surface area contributed by atoms with Gasteiger partial charge in [0.15, 0.2) is 0 Å². The fourth-order valence-electron chi connectivity index (χ4n) is 3.97. The van der Waals surface area contributed by atoms with Gasteiger partial charge in [-0.2, -0.15) is 13.2 Å². The Labute approximate surface area is 181 Å². The average Bonchev–Trinajstić information content (AvgIpc) is 2.77. The first-order valence-corrected chi connectivity index (χ1v) is 9.85. The largest absolute Gasteiger partial charge is 0.497 e. The first kappa shape index (κ1) is 24.1. The first-order chi connectivity index (χ1) is 15.0. The Morgan fingerprint density at radius 1 is 1.28 bits per heavy atom. The lowest BCUT2D eigenvalue weighted by Gasteiger charge is -2.44. The maximum Gasteiger partial charge on any atom is 0.417 e. The monoisotopic (exact) mass is 461 g/mol. The van der Waals surface area contributed by atoms with Gasteiger partial charge in [-0.1, -0.05) is 0 Å². The Hall–Kier alpha value is -2.50. The average molecular weight is 461 g/mol. The SMILES string of the molecule is COc1ccc(-c2cc(CO)c(N3CCCC(N)(C(O)C(F)F)C3)cn2)c(C(F)(F)F)c1. The zero-order valence-electron chi connectivity index (χ0n) is 17.2. The van der Waals surface area contributed by atoms with Gasteiger partial charge in [-0.3, -0.25) is 4.98 Å². The number of nitrogens with zero attached hydrogens (tertiary/aromatic N) is 2. The van der Waals surface area contributed by atoms with E-state index < -0.39 is 36.4 Å². The quantitative estimate of drug-likeness (QED) is 0.573. The second-order valence-corrected chi connectivity index (χ2v) is 7.80. The lowest BCUT2D eigenvalue weighted by atomic mass is 9.84. The number of nitrogens with two attached hydrogens (primary N) is 1. The van der Waals surface area contributed by atoms with Crippen molar-refractivity contribution in [3.63, 3.8) is 0 Å². The standard InChI is InChI=1S/C21H24F5N3O3/c1-32-13-3-4-14(15(8-13)21(24,25)26)16-7-12(10-30)17(9-28-16)29-6-2-5-20(27,11-29)18(31)19(22)23/h3-4,7-9,18-19,30-31H,2,5-6,10-11,27H2,1H3. The molecule has 0 saturated carbocycles. The highest BCUT2D eigenvalue weighted by molar-refractivity contribution is 5.69. The molecule has 0 aliphatic carbocycles. The van der Waals surface area contributed by atoms with E-state index in [1.165, 1.54) is 31.5 Å². The number of alkyl halides is 5. The van der Waals surface area contributed by atoms with E-state index in [9.17, 15) is 32.2 Å². The van der Waals surface area contributed by atoms with E-state index in [0.29, 0.717) is 18.7 Å². The molecule has 0 spiro atoms. The molecule has 6 nitrogen and oxygen atoms in total. The van der Waals surface area contributed by atoms with Crippen molar-refractivity contribution in [2.45, 2.75) is 43.7 Å². The predicted octanol–water partition coefficient (Wildman–Crippen LogP) is 3.19. The summed E-state index contributed by atoms with van der Waals surface area (Å²) >= 11 is 0. The number of aliphatic hydroxyl groups excluding tert-OH is 2. The van der Waals surface area contributed by atoms with Crippen molar-refractivity contribution in [1.29, 1.82) is 0 Å². The summed E-state index contributed by atoms with van der Waals surface area (Å²) in [4.78, 5) is 5.75. The van der Waals surface area contributed by atoms with Crippen molar-refractivity contribution in [2.24, 2.45) is 5.73 Å². The molecule has 0 amide bonds. The number of anilines is 1. The third-order valence-corrected chi connectivity index (χ3v) is 5.67. The second kappa shape index (κ2) is 9.16. The Morgan fingerprint density at radius 3 is 2.59 bits per heavy atom. The number of aromatic nitrogens is 1. The lowest BCUT2D eigenvalue weighted by molar-refractivity contribution is -0.137. The van der Waals surface area contributed by atoms with Crippen LogP contribution in [0.1, 0.15) is 24.0 Å². The van der Waals surface area contributed by atoms with E-state index >= 15 is 0 Å². The van der Waals surface area contributed by atoms with E-state index in [2.05, 4.69) is 4.98 Å². The number of pyridine rings is 1. The van der Waals surface area contributed by atoms with Gasteiger partial charge in [0.25, 0.3) is 6.43 Å². The maximum atomic E-state index is 13.6. The zero-order valence-corrected chi connectivity index (χ0v) is 17.2. The fourth-order valence-corrected chi connectivity index (χ4v) is 3.97. The zero-order chi connectivity index (χ0) is 23.7. The summed E-state index contributed by atoms with van der Waals surface area (Å²) in [6, 6.07) is 4.79. The van der Waals surface area contributed by atoms with Crippen LogP contribution in [0.3, 0.4) is 0 Å². The van der Waals surface area contributed by atoms with Crippen LogP contribution in [-0.4, -0.2) is 53.5 Å². The molecule has 1 aromatic heterocycles. The van der Waals surface area contributed by atoms with Crippen molar-refractivity contribution in [3.8, 4) is 17.0 Å². The third-order valence-electron chi connectivity index (χ3n) is 5.67. The minimum atomic E-state index is -4.67. The van der Waals surface area contributed by atoms with E-state index in [1.807, 2.05) is 0 Å². The molecule has 2 aromatic rings. The van der Waals surface area contributed by atoms with Crippen molar-refractivity contribution in [1.82, 2.24) is 4.98 Å². The lowest BCUT2D eigenvalue weighted by Crippen LogP contribution is -2.63. The van der Waals surface area contributed by atoms with Crippen LogP contribution in [0.25, 0.3) is 11.3 Å². The minimum Gasteiger partial charge on any atom is -0.497 e. The summed E-state index contributed by atoms with van der Waals surface area (Å²) in [6.07, 6.45) is -7.86. The number of aliphatic hydroxyl groups is 2.